The summed E-state index contributed by atoms with van der Waals surface area (Å²) in [6.45, 7) is 1.55. The first-order valence-electron chi connectivity index (χ1n) is 7.44. The van der Waals surface area contributed by atoms with E-state index in [0.29, 0.717) is 5.02 Å². The van der Waals surface area contributed by atoms with Gasteiger partial charge in [-0.1, -0.05) is 41.9 Å². The summed E-state index contributed by atoms with van der Waals surface area (Å²) in [6, 6.07) is 16.2. The predicted octanol–water partition coefficient (Wildman–Crippen LogP) is 3.95. The standard InChI is InChI=1S/C19H18ClNO3/c1-14(19(23)21(2)17-6-4-3-5-7-17)24-18(22)13-10-15-8-11-16(20)12-9-15/h3-14H,1-2H3/b13-10+/t14-/m1/s1. The number of likely N-dealkylation sites (N-methyl/N-ethyl adjacent to an activating group) is 1. The van der Waals surface area contributed by atoms with Gasteiger partial charge < -0.3 is 9.64 Å². The molecule has 0 bridgehead atoms. The van der Waals surface area contributed by atoms with Gasteiger partial charge in [-0.15, -0.1) is 0 Å². The number of hydrogen-bond acceptors (Lipinski definition) is 3. The van der Waals surface area contributed by atoms with Crippen LogP contribution in [0.5, 0.6) is 0 Å². The summed E-state index contributed by atoms with van der Waals surface area (Å²) in [4.78, 5) is 25.6. The summed E-state index contributed by atoms with van der Waals surface area (Å²) < 4.78 is 5.16. The topological polar surface area (TPSA) is 46.6 Å². The van der Waals surface area contributed by atoms with Crippen LogP contribution in [0.4, 0.5) is 5.69 Å². The molecule has 2 rings (SSSR count). The Kier molecular flexibility index (Phi) is 6.15. The van der Waals surface area contributed by atoms with Crippen molar-refractivity contribution >= 4 is 35.2 Å². The van der Waals surface area contributed by atoms with Gasteiger partial charge in [-0.2, -0.15) is 0 Å². The average Bonchev–Trinajstić information content (AvgIpc) is 2.60. The van der Waals surface area contributed by atoms with Crippen LogP contribution < -0.4 is 4.90 Å². The van der Waals surface area contributed by atoms with Gasteiger partial charge in [0.05, 0.1) is 0 Å². The number of benzene rings is 2. The number of anilines is 1. The fraction of sp³-hybridized carbons (Fsp3) is 0.158. The lowest BCUT2D eigenvalue weighted by Gasteiger charge is -2.21. The zero-order valence-corrected chi connectivity index (χ0v) is 14.2. The Labute approximate surface area is 146 Å². The van der Waals surface area contributed by atoms with Crippen molar-refractivity contribution in [2.75, 3.05) is 11.9 Å². The summed E-state index contributed by atoms with van der Waals surface area (Å²) in [5.74, 6) is -0.873. The first kappa shape index (κ1) is 17.8. The van der Waals surface area contributed by atoms with Crippen molar-refractivity contribution in [3.63, 3.8) is 0 Å². The molecule has 0 N–H and O–H groups in total. The fourth-order valence-electron chi connectivity index (χ4n) is 2.05. The third kappa shape index (κ3) is 4.96. The molecule has 24 heavy (non-hydrogen) atoms. The van der Waals surface area contributed by atoms with E-state index in [-0.39, 0.29) is 5.91 Å². The molecule has 2 aromatic carbocycles. The SMILES string of the molecule is C[C@@H](OC(=O)/C=C/c1ccc(Cl)cc1)C(=O)N(C)c1ccccc1. The van der Waals surface area contributed by atoms with Gasteiger partial charge in [0.25, 0.3) is 5.91 Å². The minimum Gasteiger partial charge on any atom is -0.449 e. The number of nitrogens with zero attached hydrogens (tertiary/aromatic N) is 1. The Morgan fingerprint density at radius 2 is 1.71 bits per heavy atom. The summed E-state index contributed by atoms with van der Waals surface area (Å²) in [7, 11) is 1.64. The molecule has 0 aromatic heterocycles. The van der Waals surface area contributed by atoms with Gasteiger partial charge in [0, 0.05) is 23.8 Å². The molecule has 1 atom stereocenters. The van der Waals surface area contributed by atoms with Gasteiger partial charge in [0.15, 0.2) is 6.10 Å². The van der Waals surface area contributed by atoms with Crippen molar-refractivity contribution in [1.82, 2.24) is 0 Å². The van der Waals surface area contributed by atoms with Crippen molar-refractivity contribution in [3.8, 4) is 0 Å². The molecule has 0 aliphatic heterocycles. The van der Waals surface area contributed by atoms with Crippen molar-refractivity contribution in [2.24, 2.45) is 0 Å². The lowest BCUT2D eigenvalue weighted by atomic mass is 10.2. The van der Waals surface area contributed by atoms with Gasteiger partial charge in [0.2, 0.25) is 0 Å². The molecule has 0 saturated carbocycles. The molecule has 5 heteroatoms. The monoisotopic (exact) mass is 343 g/mol. The minimum atomic E-state index is -0.877. The number of esters is 1. The number of halogens is 1. The van der Waals surface area contributed by atoms with Gasteiger partial charge in [-0.3, -0.25) is 4.79 Å². The Morgan fingerprint density at radius 1 is 1.08 bits per heavy atom. The van der Waals surface area contributed by atoms with Gasteiger partial charge in [0.1, 0.15) is 0 Å². The zero-order chi connectivity index (χ0) is 17.5. The first-order chi connectivity index (χ1) is 11.5. The summed E-state index contributed by atoms with van der Waals surface area (Å²) in [5, 5.41) is 0.623. The molecular weight excluding hydrogens is 326 g/mol. The number of ether oxygens (including phenoxy) is 1. The highest BCUT2D eigenvalue weighted by Gasteiger charge is 2.21. The molecule has 0 saturated heterocycles. The van der Waals surface area contributed by atoms with Gasteiger partial charge in [-0.05, 0) is 42.8 Å². The number of carbonyl (C=O) groups excluding carboxylic acids is 2. The van der Waals surface area contributed by atoms with E-state index in [1.165, 1.54) is 11.0 Å². The molecule has 1 amide bonds. The third-order valence-electron chi connectivity index (χ3n) is 3.40. The zero-order valence-electron chi connectivity index (χ0n) is 13.5. The molecule has 0 spiro atoms. The summed E-state index contributed by atoms with van der Waals surface area (Å²) in [5.41, 5.74) is 1.55. The summed E-state index contributed by atoms with van der Waals surface area (Å²) >= 11 is 5.80. The Balaban J connectivity index is 1.93. The second kappa shape index (κ2) is 8.31. The van der Waals surface area contributed by atoms with Crippen LogP contribution in [-0.2, 0) is 14.3 Å². The molecule has 0 radical (unpaired) electrons. The highest BCUT2D eigenvalue weighted by Crippen LogP contribution is 2.14. The van der Waals surface area contributed by atoms with E-state index in [0.717, 1.165) is 11.3 Å². The number of carbonyl (C=O) groups is 2. The Morgan fingerprint density at radius 3 is 2.33 bits per heavy atom. The van der Waals surface area contributed by atoms with Crippen LogP contribution in [0.25, 0.3) is 6.08 Å². The van der Waals surface area contributed by atoms with Crippen molar-refractivity contribution < 1.29 is 14.3 Å². The van der Waals surface area contributed by atoms with E-state index < -0.39 is 12.1 Å². The minimum absolute atomic E-state index is 0.297. The van der Waals surface area contributed by atoms with E-state index in [9.17, 15) is 9.59 Å². The Hall–Kier alpha value is -2.59. The smallest absolute Gasteiger partial charge is 0.331 e. The largest absolute Gasteiger partial charge is 0.449 e. The maximum Gasteiger partial charge on any atom is 0.331 e. The lowest BCUT2D eigenvalue weighted by Crippen LogP contribution is -2.37. The molecule has 2 aromatic rings. The van der Waals surface area contributed by atoms with E-state index in [1.54, 1.807) is 44.3 Å². The van der Waals surface area contributed by atoms with Crippen molar-refractivity contribution in [1.29, 1.82) is 0 Å². The molecule has 4 nitrogen and oxygen atoms in total. The molecule has 0 fully saturated rings. The van der Waals surface area contributed by atoms with Gasteiger partial charge >= 0.3 is 5.97 Å². The van der Waals surface area contributed by atoms with E-state index >= 15 is 0 Å². The number of hydrogen-bond donors (Lipinski definition) is 0. The average molecular weight is 344 g/mol. The maximum atomic E-state index is 12.3. The van der Waals surface area contributed by atoms with E-state index in [2.05, 4.69) is 0 Å². The van der Waals surface area contributed by atoms with Crippen molar-refractivity contribution in [2.45, 2.75) is 13.0 Å². The van der Waals surface area contributed by atoms with Crippen LogP contribution in [0.1, 0.15) is 12.5 Å². The van der Waals surface area contributed by atoms with E-state index in [4.69, 9.17) is 16.3 Å². The predicted molar refractivity (Wildman–Crippen MR) is 95.9 cm³/mol. The quantitative estimate of drug-likeness (QED) is 0.610. The van der Waals surface area contributed by atoms with Crippen molar-refractivity contribution in [3.05, 3.63) is 71.3 Å². The maximum absolute atomic E-state index is 12.3. The highest BCUT2D eigenvalue weighted by molar-refractivity contribution is 6.30. The lowest BCUT2D eigenvalue weighted by molar-refractivity contribution is -0.148. The van der Waals surface area contributed by atoms with Crippen LogP contribution in [0.15, 0.2) is 60.7 Å². The number of para-hydroxylation sites is 1. The molecule has 0 aliphatic carbocycles. The normalized spacial score (nSPS) is 12.0. The first-order valence-corrected chi connectivity index (χ1v) is 7.82. The highest BCUT2D eigenvalue weighted by atomic mass is 35.5. The molecular formula is C19H18ClNO3. The Bertz CT molecular complexity index is 726. The van der Waals surface area contributed by atoms with Crippen LogP contribution in [0.2, 0.25) is 5.02 Å². The fourth-order valence-corrected chi connectivity index (χ4v) is 2.18. The summed E-state index contributed by atoms with van der Waals surface area (Å²) in [6.07, 6.45) is 2.02. The van der Waals surface area contributed by atoms with E-state index in [1.807, 2.05) is 30.3 Å². The molecule has 0 heterocycles. The third-order valence-corrected chi connectivity index (χ3v) is 3.65. The second-order valence-corrected chi connectivity index (χ2v) is 5.63. The van der Waals surface area contributed by atoms with Crippen LogP contribution in [-0.4, -0.2) is 25.0 Å². The van der Waals surface area contributed by atoms with Gasteiger partial charge in [-0.25, -0.2) is 4.79 Å². The van der Waals surface area contributed by atoms with Crippen LogP contribution >= 0.6 is 11.6 Å². The van der Waals surface area contributed by atoms with Crippen LogP contribution in [0, 0.1) is 0 Å². The molecule has 0 unspecified atom stereocenters. The number of amides is 1. The second-order valence-electron chi connectivity index (χ2n) is 5.20. The number of rotatable bonds is 5. The molecule has 124 valence electrons. The molecule has 0 aliphatic rings. The van der Waals surface area contributed by atoms with Crippen LogP contribution in [0.3, 0.4) is 0 Å².